The molecule has 2 heteroatoms. The molecule has 0 saturated carbocycles. The summed E-state index contributed by atoms with van der Waals surface area (Å²) in [5.74, 6) is 0. The molecule has 0 N–H and O–H groups in total. The molecule has 2 aromatic heterocycles. The molecule has 5 aromatic rings. The van der Waals surface area contributed by atoms with Crippen molar-refractivity contribution in [1.82, 2.24) is 9.97 Å². The van der Waals surface area contributed by atoms with Crippen molar-refractivity contribution in [2.75, 3.05) is 0 Å². The third-order valence-corrected chi connectivity index (χ3v) is 4.63. The zero-order valence-corrected chi connectivity index (χ0v) is 15.0. The van der Waals surface area contributed by atoms with Crippen LogP contribution >= 0.6 is 0 Å². The van der Waals surface area contributed by atoms with Crippen molar-refractivity contribution < 1.29 is 0 Å². The number of rotatable bonds is 3. The van der Waals surface area contributed by atoms with Crippen LogP contribution in [0.4, 0.5) is 0 Å². The molecular weight excluding hydrogens is 340 g/mol. The average molecular weight is 354 g/mol. The van der Waals surface area contributed by atoms with Gasteiger partial charge in [0.25, 0.3) is 0 Å². The van der Waals surface area contributed by atoms with Crippen molar-refractivity contribution in [3.63, 3.8) is 0 Å². The van der Waals surface area contributed by atoms with Gasteiger partial charge < -0.3 is 0 Å². The Bertz CT molecular complexity index is 1230. The summed E-state index contributed by atoms with van der Waals surface area (Å²) in [5.41, 5.74) is 6.59. The molecule has 0 atom stereocenters. The molecule has 0 fully saturated rings. The zero-order valence-electron chi connectivity index (χ0n) is 15.0. The lowest BCUT2D eigenvalue weighted by Crippen LogP contribution is -1.94. The van der Waals surface area contributed by atoms with Gasteiger partial charge in [0, 0.05) is 28.3 Å². The Morgan fingerprint density at radius 2 is 1.43 bits per heavy atom. The molecule has 4 radical (unpaired) electrons. The lowest BCUT2D eigenvalue weighted by atomic mass is 9.96. The number of aromatic nitrogens is 2. The maximum absolute atomic E-state index is 4.99. The number of hydrogen-bond acceptors (Lipinski definition) is 2. The van der Waals surface area contributed by atoms with Crippen molar-refractivity contribution in [3.8, 4) is 33.6 Å². The molecule has 0 bridgehead atoms. The van der Waals surface area contributed by atoms with E-state index in [9.17, 15) is 0 Å². The van der Waals surface area contributed by atoms with Gasteiger partial charge >= 0.3 is 0 Å². The van der Waals surface area contributed by atoms with Crippen LogP contribution in [0.1, 0.15) is 0 Å². The Balaban J connectivity index is 1.83. The molecule has 0 unspecified atom stereocenters. The highest BCUT2D eigenvalue weighted by atomic mass is 14.7. The van der Waals surface area contributed by atoms with Gasteiger partial charge in [-0.3, -0.25) is 4.98 Å². The van der Waals surface area contributed by atoms with E-state index in [2.05, 4.69) is 47.4 Å². The molecule has 5 rings (SSSR count). The highest BCUT2D eigenvalue weighted by Gasteiger charge is 2.14. The minimum absolute atomic E-state index is 0.856. The third kappa shape index (κ3) is 2.95. The second-order valence-electron chi connectivity index (χ2n) is 6.38. The number of nitrogens with zero attached hydrogens (tertiary/aromatic N) is 2. The summed E-state index contributed by atoms with van der Waals surface area (Å²) < 4.78 is 0. The largest absolute Gasteiger partial charge is 0.255 e. The highest BCUT2D eigenvalue weighted by Crippen LogP contribution is 2.35. The first-order valence-corrected chi connectivity index (χ1v) is 9.02. The van der Waals surface area contributed by atoms with E-state index in [1.807, 2.05) is 60.7 Å². The van der Waals surface area contributed by atoms with Crippen molar-refractivity contribution in [2.24, 2.45) is 0 Å². The lowest BCUT2D eigenvalue weighted by molar-refractivity contribution is 1.32. The molecule has 0 spiro atoms. The first kappa shape index (κ1) is 16.4. The maximum atomic E-state index is 4.99. The molecule has 3 aromatic carbocycles. The van der Waals surface area contributed by atoms with Gasteiger partial charge in [-0.2, -0.15) is 0 Å². The van der Waals surface area contributed by atoms with Crippen LogP contribution in [-0.2, 0) is 0 Å². The Labute approximate surface area is 164 Å². The molecule has 0 saturated heterocycles. The van der Waals surface area contributed by atoms with Gasteiger partial charge in [0.2, 0.25) is 0 Å². The fourth-order valence-electron chi connectivity index (χ4n) is 3.33. The van der Waals surface area contributed by atoms with Gasteiger partial charge in [0.15, 0.2) is 0 Å². The van der Waals surface area contributed by atoms with Gasteiger partial charge in [-0.15, -0.1) is 0 Å². The SMILES string of the molecule is [c]1cc[c]c(-c2nc3ccnc(-c4[c]cc[c]c4)c3cc2-c2ccccc2)c1. The second-order valence-corrected chi connectivity index (χ2v) is 6.38. The predicted molar refractivity (Wildman–Crippen MR) is 111 cm³/mol. The molecule has 28 heavy (non-hydrogen) atoms. The number of benzene rings is 3. The summed E-state index contributed by atoms with van der Waals surface area (Å²) >= 11 is 0. The molecule has 2 nitrogen and oxygen atoms in total. The van der Waals surface area contributed by atoms with Crippen LogP contribution in [0.5, 0.6) is 0 Å². The van der Waals surface area contributed by atoms with Gasteiger partial charge in [-0.1, -0.05) is 54.6 Å². The van der Waals surface area contributed by atoms with E-state index in [4.69, 9.17) is 4.98 Å². The third-order valence-electron chi connectivity index (χ3n) is 4.63. The number of pyridine rings is 2. The first-order chi connectivity index (χ1) is 13.9. The monoisotopic (exact) mass is 354 g/mol. The standard InChI is InChI=1S/C26H14N2/c1-4-10-19(11-5-1)22-18-23-24(28-26(22)21-14-8-3-9-15-21)16-17-27-25(23)20-12-6-2-7-13-20/h1-6,8,10-11,13,15-18H. The fraction of sp³-hybridized carbons (Fsp3) is 0. The summed E-state index contributed by atoms with van der Waals surface area (Å²) in [6.07, 6.45) is 1.79. The lowest BCUT2D eigenvalue weighted by Gasteiger charge is -2.13. The van der Waals surface area contributed by atoms with Gasteiger partial charge in [-0.05, 0) is 54.1 Å². The van der Waals surface area contributed by atoms with Crippen molar-refractivity contribution >= 4 is 10.9 Å². The second kappa shape index (κ2) is 7.09. The molecule has 0 aliphatic rings. The van der Waals surface area contributed by atoms with Crippen LogP contribution in [0.25, 0.3) is 44.5 Å². The molecule has 128 valence electrons. The van der Waals surface area contributed by atoms with Crippen LogP contribution in [0.15, 0.2) is 85.1 Å². The van der Waals surface area contributed by atoms with Crippen LogP contribution in [0.2, 0.25) is 0 Å². The molecule has 0 aliphatic heterocycles. The Morgan fingerprint density at radius 3 is 2.11 bits per heavy atom. The molecule has 2 heterocycles. The smallest absolute Gasteiger partial charge is 0.0802 e. The number of hydrogen-bond donors (Lipinski definition) is 0. The summed E-state index contributed by atoms with van der Waals surface area (Å²) in [6.45, 7) is 0. The minimum Gasteiger partial charge on any atom is -0.255 e. The van der Waals surface area contributed by atoms with Crippen LogP contribution < -0.4 is 0 Å². The van der Waals surface area contributed by atoms with E-state index in [0.29, 0.717) is 0 Å². The topological polar surface area (TPSA) is 25.8 Å². The molecular formula is C26H14N2. The van der Waals surface area contributed by atoms with E-state index in [0.717, 1.165) is 44.5 Å². The van der Waals surface area contributed by atoms with E-state index >= 15 is 0 Å². The zero-order chi connectivity index (χ0) is 18.8. The quantitative estimate of drug-likeness (QED) is 0.407. The fourth-order valence-corrected chi connectivity index (χ4v) is 3.33. The van der Waals surface area contributed by atoms with Crippen LogP contribution in [0.3, 0.4) is 0 Å². The van der Waals surface area contributed by atoms with Crippen molar-refractivity contribution in [1.29, 1.82) is 0 Å². The van der Waals surface area contributed by atoms with E-state index in [-0.39, 0.29) is 0 Å². The van der Waals surface area contributed by atoms with Gasteiger partial charge in [-0.25, -0.2) is 4.98 Å². The number of fused-ring (bicyclic) bond motifs is 1. The Kier molecular flexibility index (Phi) is 4.15. The van der Waals surface area contributed by atoms with E-state index in [1.165, 1.54) is 0 Å². The Hall–Kier alpha value is -3.78. The Morgan fingerprint density at radius 1 is 0.714 bits per heavy atom. The predicted octanol–water partition coefficient (Wildman–Crippen LogP) is 5.83. The van der Waals surface area contributed by atoms with E-state index in [1.54, 1.807) is 6.20 Å². The molecule has 0 amide bonds. The average Bonchev–Trinajstić information content (AvgIpc) is 2.79. The van der Waals surface area contributed by atoms with Crippen molar-refractivity contribution in [3.05, 3.63) is 109 Å². The maximum Gasteiger partial charge on any atom is 0.0802 e. The summed E-state index contributed by atoms with van der Waals surface area (Å²) in [7, 11) is 0. The first-order valence-electron chi connectivity index (χ1n) is 9.02. The minimum atomic E-state index is 0.856. The van der Waals surface area contributed by atoms with Crippen LogP contribution in [-0.4, -0.2) is 9.97 Å². The van der Waals surface area contributed by atoms with Gasteiger partial charge in [0.1, 0.15) is 0 Å². The normalized spacial score (nSPS) is 10.9. The summed E-state index contributed by atoms with van der Waals surface area (Å²) in [5, 5.41) is 0.987. The summed E-state index contributed by atoms with van der Waals surface area (Å²) in [6, 6.07) is 38.4. The highest BCUT2D eigenvalue weighted by molar-refractivity contribution is 5.98. The summed E-state index contributed by atoms with van der Waals surface area (Å²) in [4.78, 5) is 9.60. The van der Waals surface area contributed by atoms with Crippen molar-refractivity contribution in [2.45, 2.75) is 0 Å². The van der Waals surface area contributed by atoms with E-state index < -0.39 is 0 Å². The van der Waals surface area contributed by atoms with Gasteiger partial charge in [0.05, 0.1) is 16.9 Å². The van der Waals surface area contributed by atoms with Crippen LogP contribution in [0, 0.1) is 24.3 Å². The molecule has 0 aliphatic carbocycles.